The van der Waals surface area contributed by atoms with Crippen LogP contribution in [0.1, 0.15) is 284 Å². The van der Waals surface area contributed by atoms with Gasteiger partial charge in [-0.3, -0.25) is 14.4 Å². The molecule has 0 radical (unpaired) electrons. The van der Waals surface area contributed by atoms with Gasteiger partial charge in [-0.1, -0.05) is 238 Å². The minimum atomic E-state index is -0.765. The molecule has 0 N–H and O–H groups in total. The van der Waals surface area contributed by atoms with Gasteiger partial charge in [0.2, 0.25) is 0 Å². The summed E-state index contributed by atoms with van der Waals surface area (Å²) in [5.74, 6) is -0.862. The Kier molecular flexibility index (Phi) is 46.3. The van der Waals surface area contributed by atoms with E-state index < -0.39 is 6.10 Å². The molecule has 0 aliphatic rings. The summed E-state index contributed by atoms with van der Waals surface area (Å²) < 4.78 is 16.8. The number of ether oxygens (including phenoxy) is 3. The average Bonchev–Trinajstić information content (AvgIpc) is 3.22. The molecule has 0 heterocycles. The Morgan fingerprint density at radius 2 is 0.603 bits per heavy atom. The van der Waals surface area contributed by atoms with Crippen LogP contribution in [0.3, 0.4) is 0 Å². The summed E-state index contributed by atoms with van der Waals surface area (Å²) in [6.45, 7) is 6.61. The molecule has 0 aliphatic heterocycles. The topological polar surface area (TPSA) is 78.9 Å². The van der Waals surface area contributed by atoms with E-state index in [1.807, 2.05) is 0 Å². The number of carbonyl (C=O) groups is 3. The highest BCUT2D eigenvalue weighted by molar-refractivity contribution is 5.71. The average molecular weight is 819 g/mol. The molecule has 0 spiro atoms. The third-order valence-corrected chi connectivity index (χ3v) is 11.5. The Labute approximate surface area is 360 Å². The van der Waals surface area contributed by atoms with E-state index in [0.29, 0.717) is 19.3 Å². The first kappa shape index (κ1) is 56.1. The summed E-state index contributed by atoms with van der Waals surface area (Å²) in [5.41, 5.74) is 0. The van der Waals surface area contributed by atoms with Crippen LogP contribution >= 0.6 is 0 Å². The lowest BCUT2D eigenvalue weighted by molar-refractivity contribution is -0.167. The smallest absolute Gasteiger partial charge is 0.306 e. The molecule has 1 atom stereocenters. The number of carbonyl (C=O) groups excluding carboxylic acids is 3. The van der Waals surface area contributed by atoms with Crippen molar-refractivity contribution in [1.82, 2.24) is 0 Å². The molecule has 58 heavy (non-hydrogen) atoms. The Morgan fingerprint density at radius 3 is 0.931 bits per heavy atom. The van der Waals surface area contributed by atoms with Crippen LogP contribution in [-0.4, -0.2) is 37.2 Å². The zero-order valence-electron chi connectivity index (χ0n) is 39.1. The Hall–Kier alpha value is -1.85. The number of unbranched alkanes of at least 4 members (excludes halogenated alkanes) is 34. The zero-order valence-corrected chi connectivity index (χ0v) is 39.1. The fraction of sp³-hybridized carbons (Fsp3) is 0.904. The van der Waals surface area contributed by atoms with Gasteiger partial charge in [0.25, 0.3) is 0 Å². The lowest BCUT2D eigenvalue weighted by Crippen LogP contribution is -2.30. The summed E-state index contributed by atoms with van der Waals surface area (Å²) in [6, 6.07) is 0. The molecule has 6 nitrogen and oxygen atoms in total. The van der Waals surface area contributed by atoms with Crippen LogP contribution in [-0.2, 0) is 28.6 Å². The molecule has 0 bridgehead atoms. The molecule has 342 valence electrons. The van der Waals surface area contributed by atoms with E-state index in [9.17, 15) is 14.4 Å². The molecule has 1 unspecified atom stereocenters. The molecule has 0 aromatic heterocycles. The first-order chi connectivity index (χ1) is 28.5. The highest BCUT2D eigenvalue weighted by Gasteiger charge is 2.19. The third kappa shape index (κ3) is 45.2. The Bertz CT molecular complexity index is 900. The molecular formula is C52H98O6. The Morgan fingerprint density at radius 1 is 0.328 bits per heavy atom. The Balaban J connectivity index is 4.29. The second-order valence-corrected chi connectivity index (χ2v) is 17.4. The van der Waals surface area contributed by atoms with Gasteiger partial charge < -0.3 is 14.2 Å². The molecule has 0 aromatic carbocycles. The minimum absolute atomic E-state index is 0.0673. The number of rotatable bonds is 47. The van der Waals surface area contributed by atoms with Crippen LogP contribution in [0.5, 0.6) is 0 Å². The van der Waals surface area contributed by atoms with Gasteiger partial charge in [-0.15, -0.1) is 0 Å². The van der Waals surface area contributed by atoms with Crippen molar-refractivity contribution in [2.24, 2.45) is 0 Å². The molecule has 0 aromatic rings. The van der Waals surface area contributed by atoms with Crippen molar-refractivity contribution in [2.75, 3.05) is 13.2 Å². The van der Waals surface area contributed by atoms with Gasteiger partial charge in [0.1, 0.15) is 13.2 Å². The molecule has 0 saturated carbocycles. The van der Waals surface area contributed by atoms with E-state index in [0.717, 1.165) is 70.6 Å². The van der Waals surface area contributed by atoms with Gasteiger partial charge in [0, 0.05) is 19.3 Å². The van der Waals surface area contributed by atoms with Crippen LogP contribution in [0.25, 0.3) is 0 Å². The van der Waals surface area contributed by atoms with Gasteiger partial charge in [-0.25, -0.2) is 0 Å². The molecule has 0 rings (SSSR count). The van der Waals surface area contributed by atoms with Gasteiger partial charge in [0.15, 0.2) is 6.10 Å². The van der Waals surface area contributed by atoms with E-state index in [1.54, 1.807) is 0 Å². The van der Waals surface area contributed by atoms with E-state index in [1.165, 1.54) is 173 Å². The predicted molar refractivity (Wildman–Crippen MR) is 247 cm³/mol. The standard InChI is InChI=1S/C52H98O6/c1-4-7-10-13-16-19-22-24-26-27-29-30-33-36-39-42-45-51(54)57-48-49(47-56-50(53)44-41-38-35-32-21-18-15-12-9-6-3)58-52(55)46-43-40-37-34-31-28-25-23-20-17-14-11-8-5-2/h12,15,49H,4-11,13-14,16-48H2,1-3H3/b15-12-. The minimum Gasteiger partial charge on any atom is -0.462 e. The van der Waals surface area contributed by atoms with Gasteiger partial charge in [-0.05, 0) is 38.5 Å². The van der Waals surface area contributed by atoms with Crippen molar-refractivity contribution in [3.05, 3.63) is 12.2 Å². The maximum Gasteiger partial charge on any atom is 0.306 e. The van der Waals surface area contributed by atoms with Crippen LogP contribution in [0.15, 0.2) is 12.2 Å². The molecule has 0 amide bonds. The second-order valence-electron chi connectivity index (χ2n) is 17.4. The highest BCUT2D eigenvalue weighted by atomic mass is 16.6. The molecular weight excluding hydrogens is 721 g/mol. The van der Waals surface area contributed by atoms with Crippen LogP contribution in [0.4, 0.5) is 0 Å². The van der Waals surface area contributed by atoms with Crippen LogP contribution in [0, 0.1) is 0 Å². The summed E-state index contributed by atoms with van der Waals surface area (Å²) in [5, 5.41) is 0. The van der Waals surface area contributed by atoms with Crippen molar-refractivity contribution in [3.63, 3.8) is 0 Å². The fourth-order valence-corrected chi connectivity index (χ4v) is 7.62. The molecule has 0 aliphatic carbocycles. The van der Waals surface area contributed by atoms with Crippen molar-refractivity contribution in [2.45, 2.75) is 290 Å². The van der Waals surface area contributed by atoms with Crippen molar-refractivity contribution >= 4 is 17.9 Å². The largest absolute Gasteiger partial charge is 0.462 e. The lowest BCUT2D eigenvalue weighted by atomic mass is 10.0. The number of allylic oxidation sites excluding steroid dienone is 2. The van der Waals surface area contributed by atoms with Crippen molar-refractivity contribution in [1.29, 1.82) is 0 Å². The number of esters is 3. The van der Waals surface area contributed by atoms with E-state index >= 15 is 0 Å². The zero-order chi connectivity index (χ0) is 42.3. The van der Waals surface area contributed by atoms with E-state index in [2.05, 4.69) is 32.9 Å². The molecule has 0 saturated heterocycles. The summed E-state index contributed by atoms with van der Waals surface area (Å²) in [6.07, 6.45) is 52.0. The van der Waals surface area contributed by atoms with E-state index in [-0.39, 0.29) is 31.1 Å². The summed E-state index contributed by atoms with van der Waals surface area (Å²) in [7, 11) is 0. The monoisotopic (exact) mass is 819 g/mol. The van der Waals surface area contributed by atoms with E-state index in [4.69, 9.17) is 14.2 Å². The van der Waals surface area contributed by atoms with Gasteiger partial charge >= 0.3 is 17.9 Å². The lowest BCUT2D eigenvalue weighted by Gasteiger charge is -2.18. The second kappa shape index (κ2) is 47.8. The van der Waals surface area contributed by atoms with Crippen LogP contribution < -0.4 is 0 Å². The third-order valence-electron chi connectivity index (χ3n) is 11.5. The summed E-state index contributed by atoms with van der Waals surface area (Å²) >= 11 is 0. The van der Waals surface area contributed by atoms with Gasteiger partial charge in [-0.2, -0.15) is 0 Å². The van der Waals surface area contributed by atoms with Crippen molar-refractivity contribution in [3.8, 4) is 0 Å². The first-order valence-electron chi connectivity index (χ1n) is 25.7. The predicted octanol–water partition coefficient (Wildman–Crippen LogP) is 16.6. The maximum atomic E-state index is 12.8. The fourth-order valence-electron chi connectivity index (χ4n) is 7.62. The molecule has 6 heteroatoms. The first-order valence-corrected chi connectivity index (χ1v) is 25.7. The van der Waals surface area contributed by atoms with Gasteiger partial charge in [0.05, 0.1) is 0 Å². The highest BCUT2D eigenvalue weighted by Crippen LogP contribution is 2.16. The SMILES string of the molecule is CCC/C=C\CCCCCCCC(=O)OCC(COC(=O)CCCCCCCCCCCCCCCCCC)OC(=O)CCCCCCCCCCCCCCCC. The van der Waals surface area contributed by atoms with Crippen LogP contribution in [0.2, 0.25) is 0 Å². The number of hydrogen-bond donors (Lipinski definition) is 0. The summed E-state index contributed by atoms with van der Waals surface area (Å²) in [4.78, 5) is 37.9. The van der Waals surface area contributed by atoms with Crippen molar-refractivity contribution < 1.29 is 28.6 Å². The maximum absolute atomic E-state index is 12.8. The molecule has 0 fully saturated rings. The quantitative estimate of drug-likeness (QED) is 0.0263. The number of hydrogen-bond acceptors (Lipinski definition) is 6. The normalized spacial score (nSPS) is 12.0.